The smallest absolute Gasteiger partial charge is 0.159 e. The zero-order valence-corrected chi connectivity index (χ0v) is 13.8. The molecule has 2 heteroatoms. The van der Waals surface area contributed by atoms with Gasteiger partial charge in [-0.1, -0.05) is 26.0 Å². The molecule has 3 fully saturated rings. The molecule has 5 atom stereocenters. The van der Waals surface area contributed by atoms with Gasteiger partial charge in [-0.25, -0.2) is 0 Å². The average molecular weight is 298 g/mol. The van der Waals surface area contributed by atoms with Crippen LogP contribution in [0.4, 0.5) is 0 Å². The highest BCUT2D eigenvalue weighted by molar-refractivity contribution is 5.97. The second-order valence-electron chi connectivity index (χ2n) is 8.49. The fraction of sp³-hybridized carbons (Fsp3) is 0.700. The van der Waals surface area contributed by atoms with Crippen LogP contribution in [0.1, 0.15) is 58.8 Å². The van der Waals surface area contributed by atoms with Crippen LogP contribution in [-0.4, -0.2) is 11.6 Å². The summed E-state index contributed by atoms with van der Waals surface area (Å²) in [6, 6.07) is 0. The second kappa shape index (κ2) is 4.43. The molecule has 4 rings (SSSR count). The number of allylic oxidation sites excluding steroid dienone is 3. The topological polar surface area (TPSA) is 34.1 Å². The average Bonchev–Trinajstić information content (AvgIpc) is 2.77. The van der Waals surface area contributed by atoms with Gasteiger partial charge in [0.15, 0.2) is 5.78 Å². The Kier molecular flexibility index (Phi) is 2.90. The van der Waals surface area contributed by atoms with Crippen molar-refractivity contribution in [2.45, 2.75) is 58.8 Å². The van der Waals surface area contributed by atoms with Gasteiger partial charge >= 0.3 is 0 Å². The van der Waals surface area contributed by atoms with E-state index in [-0.39, 0.29) is 28.4 Å². The quantitative estimate of drug-likeness (QED) is 0.670. The van der Waals surface area contributed by atoms with Gasteiger partial charge in [0.1, 0.15) is 5.78 Å². The highest BCUT2D eigenvalue weighted by atomic mass is 16.1. The largest absolute Gasteiger partial charge is 0.299 e. The minimum atomic E-state index is -0.232. The van der Waals surface area contributed by atoms with Gasteiger partial charge in [0, 0.05) is 17.8 Å². The van der Waals surface area contributed by atoms with E-state index in [0.717, 1.165) is 25.7 Å². The Morgan fingerprint density at radius 1 is 1.05 bits per heavy atom. The number of ketones is 2. The summed E-state index contributed by atoms with van der Waals surface area (Å²) in [6.07, 6.45) is 8.90. The van der Waals surface area contributed by atoms with E-state index in [0.29, 0.717) is 18.1 Å². The van der Waals surface area contributed by atoms with Crippen molar-refractivity contribution in [3.8, 4) is 0 Å². The molecule has 0 saturated heterocycles. The molecule has 2 nitrogen and oxygen atoms in total. The number of fused-ring (bicyclic) bond motifs is 5. The van der Waals surface area contributed by atoms with Crippen LogP contribution >= 0.6 is 0 Å². The monoisotopic (exact) mass is 298 g/mol. The van der Waals surface area contributed by atoms with Crippen molar-refractivity contribution in [2.24, 2.45) is 28.6 Å². The first-order chi connectivity index (χ1) is 10.4. The van der Waals surface area contributed by atoms with Crippen molar-refractivity contribution in [2.75, 3.05) is 0 Å². The van der Waals surface area contributed by atoms with Crippen molar-refractivity contribution in [1.82, 2.24) is 0 Å². The van der Waals surface area contributed by atoms with Gasteiger partial charge in [0.2, 0.25) is 0 Å². The van der Waals surface area contributed by atoms with Crippen LogP contribution < -0.4 is 0 Å². The number of carbonyl (C=O) groups excluding carboxylic acids is 2. The van der Waals surface area contributed by atoms with E-state index in [2.05, 4.69) is 20.4 Å². The Balaban J connectivity index is 1.81. The molecule has 22 heavy (non-hydrogen) atoms. The molecule has 0 aromatic rings. The molecule has 0 heterocycles. The Morgan fingerprint density at radius 3 is 2.55 bits per heavy atom. The Morgan fingerprint density at radius 2 is 1.77 bits per heavy atom. The maximum Gasteiger partial charge on any atom is 0.159 e. The Hall–Kier alpha value is -1.18. The van der Waals surface area contributed by atoms with Gasteiger partial charge in [0.05, 0.1) is 0 Å². The molecule has 4 aliphatic rings. The standard InChI is InChI=1S/C20H26O2/c1-12-5-4-9-19(2)14-8-10-20(3)13(6-7-17(20)22)18(14)16(21)11-15(12)19/h11,13-14,18H,1,4-10H2,2-3H3/t13-,14-,18-,19+,20-/m0/s1. The number of carbonyl (C=O) groups is 2. The van der Waals surface area contributed by atoms with Crippen LogP contribution in [0.15, 0.2) is 23.8 Å². The van der Waals surface area contributed by atoms with Gasteiger partial charge < -0.3 is 0 Å². The molecule has 0 aromatic carbocycles. The van der Waals surface area contributed by atoms with E-state index in [1.54, 1.807) is 0 Å². The SMILES string of the molecule is C=C1CCC[C@@]2(C)C1=CC(=O)[C@@H]1[C@@H]2CC[C@]2(C)C(=O)CC[C@@H]12. The maximum atomic E-state index is 12.9. The third-order valence-corrected chi connectivity index (χ3v) is 7.58. The zero-order valence-electron chi connectivity index (χ0n) is 13.8. The van der Waals surface area contributed by atoms with Gasteiger partial charge in [0.25, 0.3) is 0 Å². The summed E-state index contributed by atoms with van der Waals surface area (Å²) in [6.45, 7) is 8.71. The Labute approximate surface area is 133 Å². The molecule has 0 N–H and O–H groups in total. The van der Waals surface area contributed by atoms with E-state index in [4.69, 9.17) is 0 Å². The van der Waals surface area contributed by atoms with Crippen LogP contribution in [0.25, 0.3) is 0 Å². The zero-order chi connectivity index (χ0) is 15.7. The molecule has 0 bridgehead atoms. The lowest BCUT2D eigenvalue weighted by molar-refractivity contribution is -0.138. The summed E-state index contributed by atoms with van der Waals surface area (Å²) in [5, 5.41) is 0. The van der Waals surface area contributed by atoms with Crippen LogP contribution in [-0.2, 0) is 9.59 Å². The molecule has 0 aromatic heterocycles. The summed E-state index contributed by atoms with van der Waals surface area (Å²) in [5.41, 5.74) is 2.29. The molecular weight excluding hydrogens is 272 g/mol. The summed E-state index contributed by atoms with van der Waals surface area (Å²) >= 11 is 0. The second-order valence-corrected chi connectivity index (χ2v) is 8.49. The number of rotatable bonds is 0. The van der Waals surface area contributed by atoms with Crippen molar-refractivity contribution in [3.63, 3.8) is 0 Å². The van der Waals surface area contributed by atoms with Crippen LogP contribution in [0.3, 0.4) is 0 Å². The van der Waals surface area contributed by atoms with Crippen LogP contribution in [0.2, 0.25) is 0 Å². The van der Waals surface area contributed by atoms with Crippen LogP contribution in [0.5, 0.6) is 0 Å². The minimum absolute atomic E-state index is 0.0739. The summed E-state index contributed by atoms with van der Waals surface area (Å²) in [7, 11) is 0. The third-order valence-electron chi connectivity index (χ3n) is 7.58. The van der Waals surface area contributed by atoms with Crippen molar-refractivity contribution >= 4 is 11.6 Å². The van der Waals surface area contributed by atoms with E-state index in [1.807, 2.05) is 6.08 Å². The van der Waals surface area contributed by atoms with Gasteiger partial charge in [-0.05, 0) is 67.4 Å². The van der Waals surface area contributed by atoms with E-state index < -0.39 is 0 Å². The molecule has 0 amide bonds. The molecule has 4 aliphatic carbocycles. The van der Waals surface area contributed by atoms with Gasteiger partial charge in [-0.2, -0.15) is 0 Å². The highest BCUT2D eigenvalue weighted by Crippen LogP contribution is 2.63. The lowest BCUT2D eigenvalue weighted by Gasteiger charge is -2.55. The van der Waals surface area contributed by atoms with E-state index >= 15 is 0 Å². The van der Waals surface area contributed by atoms with E-state index in [9.17, 15) is 9.59 Å². The predicted molar refractivity (Wildman–Crippen MR) is 86.2 cm³/mol. The first kappa shape index (κ1) is 14.4. The number of hydrogen-bond donors (Lipinski definition) is 0. The normalized spacial score (nSPS) is 47.6. The lowest BCUT2D eigenvalue weighted by atomic mass is 9.47. The van der Waals surface area contributed by atoms with Crippen molar-refractivity contribution in [3.05, 3.63) is 23.8 Å². The summed E-state index contributed by atoms with van der Waals surface area (Å²) < 4.78 is 0. The maximum absolute atomic E-state index is 12.9. The minimum Gasteiger partial charge on any atom is -0.299 e. The van der Waals surface area contributed by atoms with Crippen molar-refractivity contribution in [1.29, 1.82) is 0 Å². The third kappa shape index (κ3) is 1.62. The molecule has 0 aliphatic heterocycles. The van der Waals surface area contributed by atoms with Crippen molar-refractivity contribution < 1.29 is 9.59 Å². The summed E-state index contributed by atoms with van der Waals surface area (Å²) in [4.78, 5) is 25.3. The first-order valence-corrected chi connectivity index (χ1v) is 8.85. The summed E-state index contributed by atoms with van der Waals surface area (Å²) in [5.74, 6) is 1.45. The predicted octanol–water partition coefficient (Wildman–Crippen LogP) is 4.25. The molecule has 3 saturated carbocycles. The molecule has 118 valence electrons. The van der Waals surface area contributed by atoms with Crippen LogP contribution in [0, 0.1) is 28.6 Å². The molecule has 0 radical (unpaired) electrons. The fourth-order valence-electron chi connectivity index (χ4n) is 6.26. The number of hydrogen-bond acceptors (Lipinski definition) is 2. The number of Topliss-reactive ketones (excluding diaryl/α,β-unsaturated/α-hetero) is 1. The van der Waals surface area contributed by atoms with E-state index in [1.165, 1.54) is 24.0 Å². The van der Waals surface area contributed by atoms with Gasteiger partial charge in [-0.3, -0.25) is 9.59 Å². The first-order valence-electron chi connectivity index (χ1n) is 8.85. The highest BCUT2D eigenvalue weighted by Gasteiger charge is 2.60. The fourth-order valence-corrected chi connectivity index (χ4v) is 6.26. The molecule has 0 unspecified atom stereocenters. The van der Waals surface area contributed by atoms with Gasteiger partial charge in [-0.15, -0.1) is 0 Å². The molecular formula is C20H26O2. The lowest BCUT2D eigenvalue weighted by Crippen LogP contribution is -2.52. The molecule has 0 spiro atoms. The Bertz CT molecular complexity index is 613.